The van der Waals surface area contributed by atoms with Crippen molar-refractivity contribution in [2.45, 2.75) is 38.9 Å². The summed E-state index contributed by atoms with van der Waals surface area (Å²) < 4.78 is 63.7. The first-order valence-electron chi connectivity index (χ1n) is 10.6. The SMILES string of the molecule is CCCNC(=O)C1CN(S(=O)(=O)C2=Cc3ccc(OC(F)F)cc3CC2)c2ccccc2O1. The van der Waals surface area contributed by atoms with E-state index in [4.69, 9.17) is 4.74 Å². The van der Waals surface area contributed by atoms with Gasteiger partial charge in [0.2, 0.25) is 0 Å². The number of carbonyl (C=O) groups is 1. The van der Waals surface area contributed by atoms with Gasteiger partial charge in [-0.05, 0) is 60.7 Å². The quantitative estimate of drug-likeness (QED) is 0.656. The van der Waals surface area contributed by atoms with E-state index in [-0.39, 0.29) is 29.5 Å². The van der Waals surface area contributed by atoms with E-state index in [1.165, 1.54) is 16.4 Å². The molecule has 0 spiro atoms. The third kappa shape index (κ3) is 4.80. The van der Waals surface area contributed by atoms with Gasteiger partial charge in [0.15, 0.2) is 6.10 Å². The van der Waals surface area contributed by atoms with Gasteiger partial charge in [-0.3, -0.25) is 9.10 Å². The third-order valence-corrected chi connectivity index (χ3v) is 7.41. The van der Waals surface area contributed by atoms with E-state index in [0.29, 0.717) is 30.0 Å². The molecule has 33 heavy (non-hydrogen) atoms. The molecule has 1 atom stereocenters. The Morgan fingerprint density at radius 3 is 2.79 bits per heavy atom. The van der Waals surface area contributed by atoms with Crippen molar-refractivity contribution >= 4 is 27.7 Å². The number of hydrogen-bond donors (Lipinski definition) is 1. The maximum absolute atomic E-state index is 13.7. The minimum absolute atomic E-state index is 0.0338. The van der Waals surface area contributed by atoms with Crippen LogP contribution in [0.5, 0.6) is 11.5 Å². The van der Waals surface area contributed by atoms with E-state index in [0.717, 1.165) is 12.0 Å². The number of alkyl halides is 2. The highest BCUT2D eigenvalue weighted by molar-refractivity contribution is 7.96. The Balaban J connectivity index is 1.65. The average molecular weight is 479 g/mol. The molecule has 4 rings (SSSR count). The fraction of sp³-hybridized carbons (Fsp3) is 0.348. The summed E-state index contributed by atoms with van der Waals surface area (Å²) in [5.74, 6) is -0.0258. The minimum atomic E-state index is -3.97. The van der Waals surface area contributed by atoms with Crippen molar-refractivity contribution in [1.29, 1.82) is 0 Å². The zero-order valence-corrected chi connectivity index (χ0v) is 18.8. The second-order valence-corrected chi connectivity index (χ2v) is 9.67. The molecular formula is C23H24F2N2O5S. The van der Waals surface area contributed by atoms with E-state index >= 15 is 0 Å². The number of amides is 1. The van der Waals surface area contributed by atoms with Crippen molar-refractivity contribution < 1.29 is 31.5 Å². The number of anilines is 1. The molecule has 0 bridgehead atoms. The first-order chi connectivity index (χ1) is 15.8. The molecule has 176 valence electrons. The standard InChI is InChI=1S/C23H24F2N2O5S/c1-2-11-26-22(28)21-14-27(19-5-3-4-6-20(19)32-21)33(29,30)18-10-8-15-12-17(31-23(24)25)9-7-16(15)13-18/h3-7,9,12-13,21,23H,2,8,10-11,14H2,1H3,(H,26,28). The van der Waals surface area contributed by atoms with Gasteiger partial charge < -0.3 is 14.8 Å². The molecule has 2 aromatic rings. The fourth-order valence-electron chi connectivity index (χ4n) is 3.89. The highest BCUT2D eigenvalue weighted by atomic mass is 32.2. The smallest absolute Gasteiger partial charge is 0.387 e. The van der Waals surface area contributed by atoms with Gasteiger partial charge in [0, 0.05) is 6.54 Å². The highest BCUT2D eigenvalue weighted by Gasteiger charge is 2.38. The summed E-state index contributed by atoms with van der Waals surface area (Å²) in [6.07, 6.45) is 1.86. The number of allylic oxidation sites excluding steroid dienone is 1. The second kappa shape index (κ2) is 9.38. The number of aryl methyl sites for hydroxylation is 1. The van der Waals surface area contributed by atoms with Crippen molar-refractivity contribution in [3.05, 3.63) is 58.5 Å². The molecule has 0 saturated heterocycles. The minimum Gasteiger partial charge on any atom is -0.476 e. The normalized spacial score (nSPS) is 17.5. The molecule has 1 aliphatic carbocycles. The van der Waals surface area contributed by atoms with Crippen molar-refractivity contribution in [1.82, 2.24) is 5.32 Å². The summed E-state index contributed by atoms with van der Waals surface area (Å²) in [6, 6.07) is 11.1. The molecule has 2 aliphatic rings. The lowest BCUT2D eigenvalue weighted by molar-refractivity contribution is -0.127. The van der Waals surface area contributed by atoms with Gasteiger partial charge in [-0.2, -0.15) is 8.78 Å². The lowest BCUT2D eigenvalue weighted by atomic mass is 9.97. The van der Waals surface area contributed by atoms with Crippen LogP contribution in [0.2, 0.25) is 0 Å². The Bertz CT molecular complexity index is 1180. The Hall–Kier alpha value is -3.14. The number of nitrogens with one attached hydrogen (secondary N) is 1. The maximum Gasteiger partial charge on any atom is 0.387 e. The molecule has 0 saturated carbocycles. The number of fused-ring (bicyclic) bond motifs is 2. The molecule has 2 aromatic carbocycles. The molecule has 1 unspecified atom stereocenters. The van der Waals surface area contributed by atoms with Crippen molar-refractivity contribution in [2.24, 2.45) is 0 Å². The van der Waals surface area contributed by atoms with Crippen LogP contribution in [0, 0.1) is 0 Å². The molecule has 0 radical (unpaired) electrons. The summed E-state index contributed by atoms with van der Waals surface area (Å²) in [7, 11) is -3.97. The lowest BCUT2D eigenvalue weighted by Crippen LogP contribution is -2.51. The van der Waals surface area contributed by atoms with Crippen LogP contribution in [0.15, 0.2) is 47.4 Å². The molecule has 7 nitrogen and oxygen atoms in total. The van der Waals surface area contributed by atoms with Gasteiger partial charge in [-0.25, -0.2) is 8.42 Å². The van der Waals surface area contributed by atoms with Crippen LogP contribution in [0.3, 0.4) is 0 Å². The number of carbonyl (C=O) groups excluding carboxylic acids is 1. The molecule has 1 aliphatic heterocycles. The number of hydrogen-bond acceptors (Lipinski definition) is 5. The summed E-state index contributed by atoms with van der Waals surface area (Å²) >= 11 is 0. The van der Waals surface area contributed by atoms with Gasteiger partial charge in [0.25, 0.3) is 15.9 Å². The Morgan fingerprint density at radius 1 is 1.24 bits per heavy atom. The van der Waals surface area contributed by atoms with Crippen LogP contribution in [0.4, 0.5) is 14.5 Å². The monoisotopic (exact) mass is 478 g/mol. The highest BCUT2D eigenvalue weighted by Crippen LogP contribution is 2.39. The number of halogens is 2. The van der Waals surface area contributed by atoms with Crippen LogP contribution < -0.4 is 19.1 Å². The molecule has 1 amide bonds. The third-order valence-electron chi connectivity index (χ3n) is 5.49. The predicted octanol–water partition coefficient (Wildman–Crippen LogP) is 3.70. The van der Waals surface area contributed by atoms with E-state index in [2.05, 4.69) is 10.1 Å². The number of rotatable bonds is 7. The van der Waals surface area contributed by atoms with Crippen molar-refractivity contribution in [3.8, 4) is 11.5 Å². The largest absolute Gasteiger partial charge is 0.476 e. The van der Waals surface area contributed by atoms with Crippen LogP contribution in [-0.2, 0) is 21.2 Å². The summed E-state index contributed by atoms with van der Waals surface area (Å²) in [5.41, 5.74) is 1.72. The van der Waals surface area contributed by atoms with Gasteiger partial charge >= 0.3 is 6.61 Å². The zero-order chi connectivity index (χ0) is 23.6. The van der Waals surface area contributed by atoms with E-state index in [1.807, 2.05) is 6.92 Å². The average Bonchev–Trinajstić information content (AvgIpc) is 2.80. The van der Waals surface area contributed by atoms with Crippen LogP contribution in [-0.4, -0.2) is 40.1 Å². The Labute approximate surface area is 191 Å². The van der Waals surface area contributed by atoms with E-state index < -0.39 is 22.7 Å². The maximum atomic E-state index is 13.7. The first-order valence-corrected chi connectivity index (χ1v) is 12.1. The number of benzene rings is 2. The molecule has 0 aromatic heterocycles. The van der Waals surface area contributed by atoms with Crippen molar-refractivity contribution in [2.75, 3.05) is 17.4 Å². The topological polar surface area (TPSA) is 84.9 Å². The molecule has 10 heteroatoms. The molecular weight excluding hydrogens is 454 g/mol. The number of nitrogens with zero attached hydrogens (tertiary/aromatic N) is 1. The number of sulfonamides is 1. The number of ether oxygens (including phenoxy) is 2. The Kier molecular flexibility index (Phi) is 6.55. The van der Waals surface area contributed by atoms with Crippen molar-refractivity contribution in [3.63, 3.8) is 0 Å². The number of para-hydroxylation sites is 2. The predicted molar refractivity (Wildman–Crippen MR) is 120 cm³/mol. The second-order valence-electron chi connectivity index (χ2n) is 7.75. The summed E-state index contributed by atoms with van der Waals surface area (Å²) in [6.45, 7) is -0.696. The fourth-order valence-corrected chi connectivity index (χ4v) is 5.55. The van der Waals surface area contributed by atoms with E-state index in [9.17, 15) is 22.0 Å². The molecule has 1 heterocycles. The molecule has 0 fully saturated rings. The van der Waals surface area contributed by atoms with Crippen LogP contribution in [0.25, 0.3) is 6.08 Å². The lowest BCUT2D eigenvalue weighted by Gasteiger charge is -2.35. The van der Waals surface area contributed by atoms with Gasteiger partial charge in [-0.15, -0.1) is 0 Å². The molecule has 1 N–H and O–H groups in total. The van der Waals surface area contributed by atoms with Gasteiger partial charge in [0.1, 0.15) is 11.5 Å². The van der Waals surface area contributed by atoms with Crippen LogP contribution >= 0.6 is 0 Å². The first kappa shape index (κ1) is 23.0. The Morgan fingerprint density at radius 2 is 2.03 bits per heavy atom. The summed E-state index contributed by atoms with van der Waals surface area (Å²) in [5, 5.41) is 2.75. The zero-order valence-electron chi connectivity index (χ0n) is 18.0. The van der Waals surface area contributed by atoms with Gasteiger partial charge in [0.05, 0.1) is 17.1 Å². The van der Waals surface area contributed by atoms with Gasteiger partial charge in [-0.1, -0.05) is 25.1 Å². The van der Waals surface area contributed by atoms with Crippen LogP contribution in [0.1, 0.15) is 30.9 Å². The summed E-state index contributed by atoms with van der Waals surface area (Å²) in [4.78, 5) is 12.7. The van der Waals surface area contributed by atoms with E-state index in [1.54, 1.807) is 36.4 Å².